The van der Waals surface area contributed by atoms with Gasteiger partial charge < -0.3 is 20.0 Å². The molecule has 0 saturated heterocycles. The fourth-order valence-electron chi connectivity index (χ4n) is 11.4. The zero-order valence-corrected chi connectivity index (χ0v) is 42.0. The second-order valence-corrected chi connectivity index (χ2v) is 19.5. The third-order valence-electron chi connectivity index (χ3n) is 15.3. The van der Waals surface area contributed by atoms with E-state index in [4.69, 9.17) is 0 Å². The lowest BCUT2D eigenvalue weighted by molar-refractivity contribution is 0.0686. The lowest BCUT2D eigenvalue weighted by Gasteiger charge is -2.31. The van der Waals surface area contributed by atoms with Crippen LogP contribution in [-0.4, -0.2) is 45.8 Å². The molecule has 0 fully saturated rings. The van der Waals surface area contributed by atoms with Crippen LogP contribution in [0.15, 0.2) is 194 Å². The van der Waals surface area contributed by atoms with Crippen LogP contribution in [0, 0.1) is 0 Å². The van der Waals surface area contributed by atoms with Crippen LogP contribution in [0.3, 0.4) is 0 Å². The Hall–Kier alpha value is -10.5. The molecule has 2 N–H and O–H groups in total. The van der Waals surface area contributed by atoms with Crippen molar-refractivity contribution in [3.8, 4) is 0 Å². The van der Waals surface area contributed by atoms with Crippen molar-refractivity contribution in [1.82, 2.24) is 0 Å². The molecule has 0 spiro atoms. The molecule has 2 aliphatic rings. The van der Waals surface area contributed by atoms with Gasteiger partial charge in [-0.25, -0.2) is 19.4 Å². The molecular formula is C66H44N4O8. The van der Waals surface area contributed by atoms with Gasteiger partial charge in [-0.15, -0.1) is 0 Å². The number of imide groups is 2. The number of anilines is 8. The van der Waals surface area contributed by atoms with Crippen molar-refractivity contribution in [2.75, 3.05) is 19.6 Å². The van der Waals surface area contributed by atoms with Gasteiger partial charge in [0, 0.05) is 67.2 Å². The molecule has 0 aromatic heterocycles. The molecule has 12 nitrogen and oxygen atoms in total. The summed E-state index contributed by atoms with van der Waals surface area (Å²) in [5, 5.41) is 24.8. The Morgan fingerprint density at radius 2 is 0.577 bits per heavy atom. The van der Waals surface area contributed by atoms with Gasteiger partial charge in [-0.05, 0) is 202 Å². The Morgan fingerprint density at radius 1 is 0.333 bits per heavy atom. The van der Waals surface area contributed by atoms with Gasteiger partial charge in [-0.1, -0.05) is 62.4 Å². The minimum atomic E-state index is -1.03. The SMILES string of the molecule is CCc1ccc(N(c2ccc(C(=O)O)cc2)c2ccc(N3C(=O)c4ccc5c6ccc7c8c(ccc(c9ccc(c4c59)C3=O)c86)C(=O)N(c3ccc(N(c4ccc(CC)cc4)c4ccc(C(=O)O)cc4)cc3)C7=O)cc2)cc1. The average molecular weight is 1020 g/mol. The van der Waals surface area contributed by atoms with E-state index < -0.39 is 35.6 Å². The maximum atomic E-state index is 14.7. The van der Waals surface area contributed by atoms with Gasteiger partial charge >= 0.3 is 11.9 Å². The quantitative estimate of drug-likeness (QED) is 0.0686. The second kappa shape index (κ2) is 18.1. The first-order chi connectivity index (χ1) is 37.9. The Kier molecular flexibility index (Phi) is 11.0. The fraction of sp³-hybridized carbons (Fsp3) is 0.0606. The average Bonchev–Trinajstić information content (AvgIpc) is 3.62. The largest absolute Gasteiger partial charge is 0.478 e. The molecule has 13 rings (SSSR count). The van der Waals surface area contributed by atoms with Crippen molar-refractivity contribution in [3.63, 3.8) is 0 Å². The summed E-state index contributed by atoms with van der Waals surface area (Å²) in [6, 6.07) is 58.2. The van der Waals surface area contributed by atoms with Crippen LogP contribution in [0.4, 0.5) is 45.5 Å². The van der Waals surface area contributed by atoms with Crippen molar-refractivity contribution in [2.24, 2.45) is 0 Å². The van der Waals surface area contributed by atoms with E-state index >= 15 is 0 Å². The highest BCUT2D eigenvalue weighted by Crippen LogP contribution is 2.48. The van der Waals surface area contributed by atoms with E-state index in [0.29, 0.717) is 44.4 Å². The molecule has 0 saturated carbocycles. The summed E-state index contributed by atoms with van der Waals surface area (Å²) in [7, 11) is 0. The highest BCUT2D eigenvalue weighted by molar-refractivity contribution is 6.45. The van der Waals surface area contributed by atoms with Crippen LogP contribution < -0.4 is 19.6 Å². The number of fused-ring (bicyclic) bond motifs is 2. The number of carboxylic acid groups (broad SMARTS) is 2. The molecule has 11 aromatic carbocycles. The highest BCUT2D eigenvalue weighted by atomic mass is 16.4. The number of benzene rings is 11. The summed E-state index contributed by atoms with van der Waals surface area (Å²) in [6.45, 7) is 4.16. The zero-order chi connectivity index (χ0) is 53.7. The molecule has 78 heavy (non-hydrogen) atoms. The molecule has 2 heterocycles. The van der Waals surface area contributed by atoms with E-state index in [9.17, 15) is 39.0 Å². The summed E-state index contributed by atoms with van der Waals surface area (Å²) in [5.74, 6) is -3.97. The number of hydrogen-bond donors (Lipinski definition) is 2. The van der Waals surface area contributed by atoms with Gasteiger partial charge in [-0.3, -0.25) is 19.2 Å². The van der Waals surface area contributed by atoms with Crippen LogP contribution in [0.5, 0.6) is 0 Å². The zero-order valence-electron chi connectivity index (χ0n) is 42.0. The van der Waals surface area contributed by atoms with Gasteiger partial charge in [0.15, 0.2) is 0 Å². The Morgan fingerprint density at radius 3 is 0.821 bits per heavy atom. The van der Waals surface area contributed by atoms with Crippen LogP contribution in [0.1, 0.15) is 87.1 Å². The minimum absolute atomic E-state index is 0.160. The number of aryl methyl sites for hydroxylation is 2. The van der Waals surface area contributed by atoms with Gasteiger partial charge in [0.25, 0.3) is 23.6 Å². The molecule has 0 aliphatic carbocycles. The van der Waals surface area contributed by atoms with E-state index in [0.717, 1.165) is 90.4 Å². The smallest absolute Gasteiger partial charge is 0.335 e. The molecule has 12 heteroatoms. The third kappa shape index (κ3) is 7.29. The van der Waals surface area contributed by atoms with E-state index in [-0.39, 0.29) is 11.1 Å². The molecule has 0 atom stereocenters. The number of nitrogens with zero attached hydrogens (tertiary/aromatic N) is 4. The number of carbonyl (C=O) groups excluding carboxylic acids is 4. The molecule has 0 radical (unpaired) electrons. The van der Waals surface area contributed by atoms with Crippen molar-refractivity contribution in [1.29, 1.82) is 0 Å². The van der Waals surface area contributed by atoms with Crippen molar-refractivity contribution in [2.45, 2.75) is 26.7 Å². The van der Waals surface area contributed by atoms with Gasteiger partial charge in [0.2, 0.25) is 0 Å². The topological polar surface area (TPSA) is 156 Å². The normalized spacial score (nSPS) is 13.1. The number of hydrogen-bond acceptors (Lipinski definition) is 8. The highest BCUT2D eigenvalue weighted by Gasteiger charge is 2.38. The Balaban J connectivity index is 0.840. The lowest BCUT2D eigenvalue weighted by atomic mass is 9.82. The molecule has 2 aliphatic heterocycles. The third-order valence-corrected chi connectivity index (χ3v) is 15.3. The van der Waals surface area contributed by atoms with Gasteiger partial charge in [-0.2, -0.15) is 0 Å². The molecule has 0 unspecified atom stereocenters. The van der Waals surface area contributed by atoms with Crippen molar-refractivity contribution in [3.05, 3.63) is 239 Å². The van der Waals surface area contributed by atoms with Crippen LogP contribution in [-0.2, 0) is 12.8 Å². The Bertz CT molecular complexity index is 3940. The summed E-state index contributed by atoms with van der Waals surface area (Å²) < 4.78 is 0. The fourth-order valence-corrected chi connectivity index (χ4v) is 11.4. The second-order valence-electron chi connectivity index (χ2n) is 19.5. The maximum Gasteiger partial charge on any atom is 0.335 e. The standard InChI is InChI=1S/C66H44N4O8/c1-3-37-5-13-41(14-6-37)67(43-17-9-39(10-18-43)65(75)76)45-21-25-47(26-22-45)69-61(71)53-33-29-49-51-31-35-55-60-56(36-32-52(58(51)60)50-30-34-54(62(69)72)59(53)57(49)50)64(74)70(63(55)73)48-27-23-46(24-28-48)68(42-15-7-38(4-2)8-16-42)44-19-11-40(12-20-44)66(77)78/h5-36H,3-4H2,1-2H3,(H,75,76)(H,77,78). The Labute approximate surface area is 446 Å². The predicted octanol–water partition coefficient (Wildman–Crippen LogP) is 14.8. The predicted molar refractivity (Wildman–Crippen MR) is 305 cm³/mol. The lowest BCUT2D eigenvalue weighted by Crippen LogP contribution is -2.40. The summed E-state index contributed by atoms with van der Waals surface area (Å²) in [6.07, 6.45) is 1.73. The van der Waals surface area contributed by atoms with Crippen molar-refractivity contribution < 1.29 is 39.0 Å². The van der Waals surface area contributed by atoms with Crippen LogP contribution >= 0.6 is 0 Å². The number of carboxylic acids is 2. The molecule has 376 valence electrons. The summed E-state index contributed by atoms with van der Waals surface area (Å²) in [4.78, 5) is 88.7. The molecule has 0 bridgehead atoms. The van der Waals surface area contributed by atoms with E-state index in [1.54, 1.807) is 97.1 Å². The number of amides is 4. The van der Waals surface area contributed by atoms with Crippen LogP contribution in [0.2, 0.25) is 0 Å². The molecule has 4 amide bonds. The van der Waals surface area contributed by atoms with E-state index in [1.807, 2.05) is 107 Å². The minimum Gasteiger partial charge on any atom is -0.478 e. The van der Waals surface area contributed by atoms with E-state index in [2.05, 4.69) is 13.8 Å². The first-order valence-corrected chi connectivity index (χ1v) is 25.5. The van der Waals surface area contributed by atoms with E-state index in [1.165, 1.54) is 9.80 Å². The monoisotopic (exact) mass is 1020 g/mol. The van der Waals surface area contributed by atoms with Gasteiger partial charge in [0.05, 0.1) is 22.5 Å². The van der Waals surface area contributed by atoms with Gasteiger partial charge in [0.1, 0.15) is 0 Å². The first-order valence-electron chi connectivity index (χ1n) is 25.5. The number of rotatable bonds is 12. The van der Waals surface area contributed by atoms with Crippen LogP contribution in [0.25, 0.3) is 43.1 Å². The number of carbonyl (C=O) groups is 6. The summed E-state index contributed by atoms with van der Waals surface area (Å²) >= 11 is 0. The maximum absolute atomic E-state index is 14.7. The number of aromatic carboxylic acids is 2. The van der Waals surface area contributed by atoms with Crippen molar-refractivity contribution >= 4 is 124 Å². The summed E-state index contributed by atoms with van der Waals surface area (Å²) in [5.41, 5.74) is 9.43. The molecule has 11 aromatic rings. The first kappa shape index (κ1) is 47.3. The molecular weight excluding hydrogens is 977 g/mol.